The minimum Gasteiger partial charge on any atom is -0.461 e. The molecule has 0 spiro atoms. The smallest absolute Gasteiger partial charge is 0.354 e. The third-order valence-electron chi connectivity index (χ3n) is 0.905. The quantitative estimate of drug-likeness (QED) is 0.345. The Morgan fingerprint density at radius 1 is 1.58 bits per heavy atom. The lowest BCUT2D eigenvalue weighted by Crippen LogP contribution is -2.27. The van der Waals surface area contributed by atoms with Crippen molar-refractivity contribution < 1.29 is 14.3 Å². The standard InChI is InChI=1S/C6H11N3O3/c1-3-12-5(10)4(2)8-9-6(7)11/h3H2,1-2H3,(H3,7,9,11)/b8-4-. The van der Waals surface area contributed by atoms with Crippen molar-refractivity contribution in [3.05, 3.63) is 0 Å². The van der Waals surface area contributed by atoms with Gasteiger partial charge in [0.15, 0.2) is 0 Å². The summed E-state index contributed by atoms with van der Waals surface area (Å²) in [5, 5.41) is 3.36. The van der Waals surface area contributed by atoms with Gasteiger partial charge in [0.1, 0.15) is 5.71 Å². The van der Waals surface area contributed by atoms with E-state index in [-0.39, 0.29) is 12.3 Å². The first-order valence-electron chi connectivity index (χ1n) is 3.34. The Bertz CT molecular complexity index is 212. The van der Waals surface area contributed by atoms with Crippen molar-refractivity contribution >= 4 is 17.7 Å². The number of hydrogen-bond donors (Lipinski definition) is 2. The highest BCUT2D eigenvalue weighted by molar-refractivity contribution is 6.35. The number of hydrazone groups is 1. The van der Waals surface area contributed by atoms with Gasteiger partial charge in [0, 0.05) is 0 Å². The Hall–Kier alpha value is -1.59. The Morgan fingerprint density at radius 3 is 2.58 bits per heavy atom. The maximum atomic E-state index is 10.8. The fourth-order valence-corrected chi connectivity index (χ4v) is 0.420. The second-order valence-corrected chi connectivity index (χ2v) is 1.89. The van der Waals surface area contributed by atoms with Crippen LogP contribution in [0.4, 0.5) is 4.79 Å². The highest BCUT2D eigenvalue weighted by atomic mass is 16.5. The number of urea groups is 1. The van der Waals surface area contributed by atoms with Gasteiger partial charge < -0.3 is 10.5 Å². The summed E-state index contributed by atoms with van der Waals surface area (Å²) in [7, 11) is 0. The molecule has 0 unspecified atom stereocenters. The highest BCUT2D eigenvalue weighted by Gasteiger charge is 2.05. The lowest BCUT2D eigenvalue weighted by Gasteiger charge is -1.99. The molecule has 6 heteroatoms. The van der Waals surface area contributed by atoms with Crippen molar-refractivity contribution in [1.82, 2.24) is 5.43 Å². The average molecular weight is 173 g/mol. The van der Waals surface area contributed by atoms with Crippen LogP contribution in [0.3, 0.4) is 0 Å². The maximum Gasteiger partial charge on any atom is 0.354 e. The van der Waals surface area contributed by atoms with E-state index in [0.29, 0.717) is 0 Å². The first-order valence-corrected chi connectivity index (χ1v) is 3.34. The first kappa shape index (κ1) is 10.4. The van der Waals surface area contributed by atoms with Gasteiger partial charge in [-0.15, -0.1) is 0 Å². The minimum atomic E-state index is -0.821. The molecule has 12 heavy (non-hydrogen) atoms. The van der Waals surface area contributed by atoms with Crippen LogP contribution in [0.5, 0.6) is 0 Å². The van der Waals surface area contributed by atoms with Crippen LogP contribution in [0.15, 0.2) is 5.10 Å². The topological polar surface area (TPSA) is 93.8 Å². The minimum absolute atomic E-state index is 0.0515. The summed E-state index contributed by atoms with van der Waals surface area (Å²) in [5.74, 6) is -0.578. The van der Waals surface area contributed by atoms with E-state index in [1.807, 2.05) is 5.43 Å². The lowest BCUT2D eigenvalue weighted by molar-refractivity contribution is -0.135. The van der Waals surface area contributed by atoms with Gasteiger partial charge in [0.05, 0.1) is 6.61 Å². The molecule has 0 saturated carbocycles. The van der Waals surface area contributed by atoms with Crippen LogP contribution in [0.2, 0.25) is 0 Å². The number of ether oxygens (including phenoxy) is 1. The first-order chi connectivity index (χ1) is 5.57. The van der Waals surface area contributed by atoms with Crippen molar-refractivity contribution in [1.29, 1.82) is 0 Å². The van der Waals surface area contributed by atoms with Gasteiger partial charge in [-0.2, -0.15) is 5.10 Å². The lowest BCUT2D eigenvalue weighted by atomic mass is 10.4. The largest absolute Gasteiger partial charge is 0.461 e. The number of carbonyl (C=O) groups is 2. The molecule has 0 radical (unpaired) electrons. The van der Waals surface area contributed by atoms with Gasteiger partial charge in [0.2, 0.25) is 0 Å². The fraction of sp³-hybridized carbons (Fsp3) is 0.500. The van der Waals surface area contributed by atoms with Gasteiger partial charge in [-0.05, 0) is 13.8 Å². The van der Waals surface area contributed by atoms with Crippen LogP contribution in [0.25, 0.3) is 0 Å². The van der Waals surface area contributed by atoms with E-state index in [1.165, 1.54) is 6.92 Å². The molecule has 68 valence electrons. The number of nitrogens with two attached hydrogens (primary N) is 1. The van der Waals surface area contributed by atoms with Crippen LogP contribution >= 0.6 is 0 Å². The van der Waals surface area contributed by atoms with Crippen molar-refractivity contribution in [3.8, 4) is 0 Å². The predicted octanol–water partition coefficient (Wildman–Crippen LogP) is -0.406. The van der Waals surface area contributed by atoms with E-state index in [2.05, 4.69) is 9.84 Å². The molecule has 0 heterocycles. The van der Waals surface area contributed by atoms with Crippen LogP contribution in [-0.2, 0) is 9.53 Å². The van der Waals surface area contributed by atoms with Crippen molar-refractivity contribution in [2.24, 2.45) is 10.8 Å². The molecule has 0 fully saturated rings. The number of rotatable bonds is 3. The van der Waals surface area contributed by atoms with Crippen LogP contribution < -0.4 is 11.2 Å². The Balaban J connectivity index is 3.99. The summed E-state index contributed by atoms with van der Waals surface area (Å²) in [4.78, 5) is 20.9. The Kier molecular flexibility index (Phi) is 4.43. The van der Waals surface area contributed by atoms with Gasteiger partial charge in [-0.3, -0.25) is 0 Å². The normalized spacial score (nSPS) is 10.7. The van der Waals surface area contributed by atoms with Crippen molar-refractivity contribution in [2.75, 3.05) is 6.61 Å². The van der Waals surface area contributed by atoms with Crippen molar-refractivity contribution in [2.45, 2.75) is 13.8 Å². The molecule has 0 saturated heterocycles. The summed E-state index contributed by atoms with van der Waals surface area (Å²) in [6.45, 7) is 3.35. The summed E-state index contributed by atoms with van der Waals surface area (Å²) < 4.78 is 4.57. The number of primary amides is 1. The average Bonchev–Trinajstić information content (AvgIpc) is 2.00. The number of hydrogen-bond acceptors (Lipinski definition) is 4. The molecular formula is C6H11N3O3. The molecule has 2 amide bonds. The zero-order valence-electron chi connectivity index (χ0n) is 6.96. The van der Waals surface area contributed by atoms with Gasteiger partial charge in [-0.25, -0.2) is 15.0 Å². The molecule has 0 bridgehead atoms. The van der Waals surface area contributed by atoms with E-state index in [9.17, 15) is 9.59 Å². The molecular weight excluding hydrogens is 162 g/mol. The van der Waals surface area contributed by atoms with Gasteiger partial charge in [0.25, 0.3) is 0 Å². The monoisotopic (exact) mass is 173 g/mol. The Morgan fingerprint density at radius 2 is 2.17 bits per heavy atom. The zero-order chi connectivity index (χ0) is 9.56. The molecule has 0 rings (SSSR count). The van der Waals surface area contributed by atoms with E-state index in [1.54, 1.807) is 6.92 Å². The highest BCUT2D eigenvalue weighted by Crippen LogP contribution is 1.82. The van der Waals surface area contributed by atoms with E-state index in [0.717, 1.165) is 0 Å². The molecule has 0 aromatic carbocycles. The number of nitrogens with zero attached hydrogens (tertiary/aromatic N) is 1. The molecule has 0 atom stereocenters. The number of esters is 1. The molecule has 0 aromatic rings. The molecule has 0 aliphatic rings. The van der Waals surface area contributed by atoms with Gasteiger partial charge >= 0.3 is 12.0 Å². The molecule has 0 aliphatic carbocycles. The summed E-state index contributed by atoms with van der Waals surface area (Å²) in [6, 6.07) is -0.821. The van der Waals surface area contributed by atoms with Crippen LogP contribution in [0, 0.1) is 0 Å². The van der Waals surface area contributed by atoms with Crippen molar-refractivity contribution in [3.63, 3.8) is 0 Å². The summed E-state index contributed by atoms with van der Waals surface area (Å²) >= 11 is 0. The van der Waals surface area contributed by atoms with E-state index < -0.39 is 12.0 Å². The zero-order valence-corrected chi connectivity index (χ0v) is 6.96. The predicted molar refractivity (Wildman–Crippen MR) is 42.5 cm³/mol. The van der Waals surface area contributed by atoms with Crippen LogP contribution in [0.1, 0.15) is 13.8 Å². The third kappa shape index (κ3) is 4.26. The van der Waals surface area contributed by atoms with Crippen LogP contribution in [-0.4, -0.2) is 24.3 Å². The van der Waals surface area contributed by atoms with Gasteiger partial charge in [-0.1, -0.05) is 0 Å². The molecule has 3 N–H and O–H groups in total. The second kappa shape index (κ2) is 5.11. The van der Waals surface area contributed by atoms with E-state index in [4.69, 9.17) is 5.73 Å². The molecule has 6 nitrogen and oxygen atoms in total. The number of amides is 2. The SMILES string of the molecule is CCOC(=O)/C(C)=N\NC(N)=O. The Labute approximate surface area is 69.8 Å². The van der Waals surface area contributed by atoms with E-state index >= 15 is 0 Å². The fourth-order valence-electron chi connectivity index (χ4n) is 0.420. The molecule has 0 aliphatic heterocycles. The summed E-state index contributed by atoms with van der Waals surface area (Å²) in [5.41, 5.74) is 6.67. The number of nitrogens with one attached hydrogen (secondary N) is 1. The number of carbonyl (C=O) groups excluding carboxylic acids is 2. The second-order valence-electron chi connectivity index (χ2n) is 1.89. The maximum absolute atomic E-state index is 10.8. The molecule has 0 aromatic heterocycles. The third-order valence-corrected chi connectivity index (χ3v) is 0.905. The summed E-state index contributed by atoms with van der Waals surface area (Å²) in [6.07, 6.45) is 0.